The van der Waals surface area contributed by atoms with E-state index in [1.807, 2.05) is 0 Å². The summed E-state index contributed by atoms with van der Waals surface area (Å²) in [4.78, 5) is 43.0. The van der Waals surface area contributed by atoms with Crippen molar-refractivity contribution >= 4 is 23.9 Å². The summed E-state index contributed by atoms with van der Waals surface area (Å²) in [7, 11) is 0. The lowest BCUT2D eigenvalue weighted by atomic mass is 10.1. The monoisotopic (exact) mass is 380 g/mol. The van der Waals surface area contributed by atoms with E-state index < -0.39 is 29.9 Å². The van der Waals surface area contributed by atoms with Gasteiger partial charge in [-0.25, -0.2) is 19.2 Å². The fourth-order valence-corrected chi connectivity index (χ4v) is 1.40. The second-order valence-corrected chi connectivity index (χ2v) is 5.39. The Balaban J connectivity index is 0.000000511. The van der Waals surface area contributed by atoms with Crippen LogP contribution in [0.1, 0.15) is 41.5 Å². The number of hydrogen-bond donors (Lipinski definition) is 3. The van der Waals surface area contributed by atoms with E-state index in [9.17, 15) is 24.3 Å². The Morgan fingerprint density at radius 3 is 1.37 bits per heavy atom. The molecule has 0 aromatic heterocycles. The van der Waals surface area contributed by atoms with Gasteiger partial charge in [0.05, 0.1) is 11.1 Å². The van der Waals surface area contributed by atoms with Gasteiger partial charge < -0.3 is 24.8 Å². The number of esters is 2. The van der Waals surface area contributed by atoms with Crippen molar-refractivity contribution in [3.63, 3.8) is 0 Å². The fraction of sp³-hybridized carbons (Fsp3) is 0.222. The SMILES string of the molecule is C=C(C)C(=O)OC(C)(O)OC(=O)C(=C)C.O=C(O)c1ccccc1C(=O)O. The average molecular weight is 380 g/mol. The Kier molecular flexibility index (Phi) is 8.61. The maximum absolute atomic E-state index is 11.0. The van der Waals surface area contributed by atoms with Crippen molar-refractivity contribution in [3.05, 3.63) is 59.7 Å². The molecular formula is C18H20O9. The minimum absolute atomic E-state index is 0.0849. The first kappa shape index (κ1) is 23.5. The van der Waals surface area contributed by atoms with Gasteiger partial charge in [-0.05, 0) is 26.0 Å². The summed E-state index contributed by atoms with van der Waals surface area (Å²) in [5, 5.41) is 26.5. The Bertz CT molecular complexity index is 712. The van der Waals surface area contributed by atoms with E-state index in [4.69, 9.17) is 10.2 Å². The molecule has 0 saturated heterocycles. The second-order valence-electron chi connectivity index (χ2n) is 5.39. The van der Waals surface area contributed by atoms with Gasteiger partial charge in [-0.2, -0.15) is 0 Å². The third-order valence-corrected chi connectivity index (χ3v) is 2.65. The number of aliphatic hydroxyl groups is 1. The van der Waals surface area contributed by atoms with Gasteiger partial charge in [-0.3, -0.25) is 0 Å². The highest BCUT2D eigenvalue weighted by atomic mass is 16.8. The minimum Gasteiger partial charge on any atom is -0.478 e. The standard InChI is InChI=1S/C10H14O5.C8H6O4/c1-6(2)8(11)14-10(5,13)15-9(12)7(3)4;9-7(10)5-3-1-2-4-6(5)8(11)12/h13H,1,3H2,2,4-5H3;1-4H,(H,9,10)(H,11,12). The number of benzene rings is 1. The zero-order valence-corrected chi connectivity index (χ0v) is 15.0. The van der Waals surface area contributed by atoms with Gasteiger partial charge in [0.1, 0.15) is 0 Å². The molecule has 0 amide bonds. The quantitative estimate of drug-likeness (QED) is 0.383. The summed E-state index contributed by atoms with van der Waals surface area (Å²) in [6.07, 6.45) is 0. The van der Waals surface area contributed by atoms with Crippen LogP contribution in [0.2, 0.25) is 0 Å². The number of aromatic carboxylic acids is 2. The lowest BCUT2D eigenvalue weighted by molar-refractivity contribution is -0.310. The molecule has 3 N–H and O–H groups in total. The van der Waals surface area contributed by atoms with Crippen molar-refractivity contribution < 1.29 is 44.0 Å². The van der Waals surface area contributed by atoms with Gasteiger partial charge in [0.25, 0.3) is 0 Å². The molecule has 0 unspecified atom stereocenters. The molecule has 1 rings (SSSR count). The van der Waals surface area contributed by atoms with E-state index in [1.165, 1.54) is 38.1 Å². The summed E-state index contributed by atoms with van der Waals surface area (Å²) in [6, 6.07) is 5.48. The number of carbonyl (C=O) groups is 4. The van der Waals surface area contributed by atoms with Crippen molar-refractivity contribution in [1.82, 2.24) is 0 Å². The molecule has 1 aromatic rings. The minimum atomic E-state index is -2.31. The predicted molar refractivity (Wildman–Crippen MR) is 92.8 cm³/mol. The van der Waals surface area contributed by atoms with Crippen LogP contribution < -0.4 is 0 Å². The zero-order chi connectivity index (χ0) is 21.4. The first-order valence-electron chi connectivity index (χ1n) is 7.34. The molecule has 0 aliphatic carbocycles. The number of carbonyl (C=O) groups excluding carboxylic acids is 2. The van der Waals surface area contributed by atoms with Crippen LogP contribution in [-0.4, -0.2) is 45.2 Å². The van der Waals surface area contributed by atoms with Gasteiger partial charge >= 0.3 is 29.9 Å². The van der Waals surface area contributed by atoms with Gasteiger partial charge in [0.2, 0.25) is 0 Å². The Morgan fingerprint density at radius 1 is 0.852 bits per heavy atom. The third-order valence-electron chi connectivity index (χ3n) is 2.65. The van der Waals surface area contributed by atoms with Crippen molar-refractivity contribution in [3.8, 4) is 0 Å². The number of hydrogen-bond acceptors (Lipinski definition) is 7. The molecule has 0 fully saturated rings. The molecule has 0 radical (unpaired) electrons. The number of carboxylic acids is 2. The molecule has 0 aliphatic heterocycles. The van der Waals surface area contributed by atoms with E-state index in [0.717, 1.165) is 6.92 Å². The lowest BCUT2D eigenvalue weighted by Crippen LogP contribution is -2.37. The Morgan fingerprint density at radius 2 is 1.15 bits per heavy atom. The maximum Gasteiger partial charge on any atom is 0.370 e. The lowest BCUT2D eigenvalue weighted by Gasteiger charge is -2.22. The molecular weight excluding hydrogens is 360 g/mol. The van der Waals surface area contributed by atoms with Crippen LogP contribution in [0.15, 0.2) is 48.6 Å². The van der Waals surface area contributed by atoms with E-state index in [2.05, 4.69) is 22.6 Å². The highest BCUT2D eigenvalue weighted by molar-refractivity contribution is 6.01. The second kappa shape index (κ2) is 9.88. The molecule has 27 heavy (non-hydrogen) atoms. The van der Waals surface area contributed by atoms with E-state index in [-0.39, 0.29) is 22.3 Å². The molecule has 0 heterocycles. The number of ether oxygens (including phenoxy) is 2. The van der Waals surface area contributed by atoms with E-state index >= 15 is 0 Å². The van der Waals surface area contributed by atoms with Crippen molar-refractivity contribution in [2.24, 2.45) is 0 Å². The largest absolute Gasteiger partial charge is 0.478 e. The van der Waals surface area contributed by atoms with Crippen LogP contribution in [-0.2, 0) is 19.1 Å². The van der Waals surface area contributed by atoms with Crippen LogP contribution in [0.3, 0.4) is 0 Å². The molecule has 146 valence electrons. The number of rotatable bonds is 6. The van der Waals surface area contributed by atoms with Crippen LogP contribution in [0, 0.1) is 0 Å². The summed E-state index contributed by atoms with van der Waals surface area (Å²) in [6.45, 7) is 10.4. The molecule has 0 bridgehead atoms. The van der Waals surface area contributed by atoms with E-state index in [0.29, 0.717) is 0 Å². The molecule has 9 heteroatoms. The van der Waals surface area contributed by atoms with Crippen LogP contribution in [0.25, 0.3) is 0 Å². The van der Waals surface area contributed by atoms with Gasteiger partial charge in [0, 0.05) is 18.1 Å². The topological polar surface area (TPSA) is 147 Å². The fourth-order valence-electron chi connectivity index (χ4n) is 1.40. The smallest absolute Gasteiger partial charge is 0.370 e. The molecule has 0 atom stereocenters. The van der Waals surface area contributed by atoms with E-state index in [1.54, 1.807) is 0 Å². The summed E-state index contributed by atoms with van der Waals surface area (Å²) < 4.78 is 8.91. The third kappa shape index (κ3) is 8.45. The van der Waals surface area contributed by atoms with Crippen LogP contribution >= 0.6 is 0 Å². The predicted octanol–water partition coefficient (Wildman–Crippen LogP) is 1.97. The average Bonchev–Trinajstić information content (AvgIpc) is 2.54. The van der Waals surface area contributed by atoms with Gasteiger partial charge in [-0.15, -0.1) is 0 Å². The molecule has 9 nitrogen and oxygen atoms in total. The number of carboxylic acid groups (broad SMARTS) is 2. The van der Waals surface area contributed by atoms with Crippen LogP contribution in [0.5, 0.6) is 0 Å². The highest BCUT2D eigenvalue weighted by Crippen LogP contribution is 2.12. The molecule has 0 aliphatic rings. The highest BCUT2D eigenvalue weighted by Gasteiger charge is 2.30. The summed E-state index contributed by atoms with van der Waals surface area (Å²) in [5.41, 5.74) is -0.210. The zero-order valence-electron chi connectivity index (χ0n) is 15.0. The van der Waals surface area contributed by atoms with Crippen LogP contribution in [0.4, 0.5) is 0 Å². The summed E-state index contributed by atoms with van der Waals surface area (Å²) in [5.74, 6) is -6.48. The van der Waals surface area contributed by atoms with Crippen molar-refractivity contribution in [1.29, 1.82) is 0 Å². The molecule has 0 saturated carbocycles. The summed E-state index contributed by atoms with van der Waals surface area (Å²) >= 11 is 0. The first-order valence-corrected chi connectivity index (χ1v) is 7.34. The normalized spacial score (nSPS) is 9.93. The first-order chi connectivity index (χ1) is 12.3. The van der Waals surface area contributed by atoms with Gasteiger partial charge in [-0.1, -0.05) is 25.3 Å². The molecule has 0 spiro atoms. The maximum atomic E-state index is 11.0. The van der Waals surface area contributed by atoms with Gasteiger partial charge in [0.15, 0.2) is 0 Å². The Hall–Kier alpha value is -3.46. The van der Waals surface area contributed by atoms with Crippen molar-refractivity contribution in [2.45, 2.75) is 26.7 Å². The van der Waals surface area contributed by atoms with Crippen molar-refractivity contribution in [2.75, 3.05) is 0 Å². The molecule has 1 aromatic carbocycles. The Labute approximate surface area is 155 Å².